The summed E-state index contributed by atoms with van der Waals surface area (Å²) >= 11 is 0. The predicted molar refractivity (Wildman–Crippen MR) is 147 cm³/mol. The van der Waals surface area contributed by atoms with Crippen molar-refractivity contribution in [2.75, 3.05) is 24.5 Å². The van der Waals surface area contributed by atoms with Crippen molar-refractivity contribution in [3.05, 3.63) is 29.8 Å². The van der Waals surface area contributed by atoms with Gasteiger partial charge in [0.1, 0.15) is 17.3 Å². The Labute approximate surface area is 235 Å². The first kappa shape index (κ1) is 29.4. The maximum absolute atomic E-state index is 14.4. The highest BCUT2D eigenvalue weighted by atomic mass is 19.1. The van der Waals surface area contributed by atoms with E-state index in [9.17, 15) is 28.6 Å². The van der Waals surface area contributed by atoms with Crippen molar-refractivity contribution in [1.29, 1.82) is 0 Å². The normalized spacial score (nSPS) is 33.6. The Morgan fingerprint density at radius 3 is 2.38 bits per heavy atom. The van der Waals surface area contributed by atoms with Gasteiger partial charge in [0.05, 0.1) is 18.2 Å². The lowest BCUT2D eigenvalue weighted by Gasteiger charge is -2.58. The number of aliphatic hydroxyl groups excluding tert-OH is 1. The lowest BCUT2D eigenvalue weighted by atomic mass is 9.52. The standard InChI is InChI=1S/C30H44F2N4O4/c1-4-18(28(39)34-26-19-8-17-9-20(26)13-30(40,11-17)12-19)10-24(37)23(33)14-35-15-25(38)36(16-29(35,2)3)27-21(31)6-5-7-22(27)32/h5-7,17-20,23-24,26,37,40H,4,8-16,33H2,1-3H3,(H,34,39)/t17?,18-,19?,20?,23+,24+,26?,30?/m1/s1. The minimum absolute atomic E-state index is 0.0617. The van der Waals surface area contributed by atoms with Gasteiger partial charge in [0.2, 0.25) is 11.8 Å². The van der Waals surface area contributed by atoms with Gasteiger partial charge in [0.15, 0.2) is 0 Å². The Balaban J connectivity index is 1.17. The van der Waals surface area contributed by atoms with E-state index >= 15 is 0 Å². The third-order valence-corrected chi connectivity index (χ3v) is 10.1. The first-order valence-corrected chi connectivity index (χ1v) is 14.8. The molecule has 5 N–H and O–H groups in total. The molecule has 222 valence electrons. The second-order valence-corrected chi connectivity index (χ2v) is 13.5. The number of carbonyl (C=O) groups excluding carboxylic acids is 2. The van der Waals surface area contributed by atoms with E-state index in [2.05, 4.69) is 5.32 Å². The molecule has 5 atom stereocenters. The molecule has 4 bridgehead atoms. The maximum Gasteiger partial charge on any atom is 0.241 e. The minimum Gasteiger partial charge on any atom is -0.391 e. The molecule has 6 rings (SSSR count). The molecular formula is C30H44F2N4O4. The average Bonchev–Trinajstić information content (AvgIpc) is 2.86. The van der Waals surface area contributed by atoms with Crippen LogP contribution in [0.2, 0.25) is 0 Å². The third kappa shape index (κ3) is 5.65. The number of hydrogen-bond acceptors (Lipinski definition) is 6. The first-order valence-electron chi connectivity index (χ1n) is 14.8. The van der Waals surface area contributed by atoms with Crippen LogP contribution in [0.3, 0.4) is 0 Å². The SMILES string of the molecule is CC[C@H](C[C@H](O)[C@@H](N)CN1CC(=O)N(c2c(F)cccc2F)CC1(C)C)C(=O)NC1C2CC3CC1CC(O)(C3)C2. The molecule has 2 amide bonds. The van der Waals surface area contributed by atoms with Gasteiger partial charge in [-0.3, -0.25) is 14.5 Å². The molecule has 0 spiro atoms. The molecule has 5 aliphatic rings. The van der Waals surface area contributed by atoms with Crippen molar-refractivity contribution in [2.45, 2.75) is 95.0 Å². The second kappa shape index (κ2) is 10.9. The monoisotopic (exact) mass is 562 g/mol. The molecule has 1 aromatic carbocycles. The van der Waals surface area contributed by atoms with Crippen LogP contribution < -0.4 is 16.0 Å². The molecule has 5 fully saturated rings. The molecule has 2 unspecified atom stereocenters. The Morgan fingerprint density at radius 1 is 1.18 bits per heavy atom. The Hall–Kier alpha value is -2.14. The lowest BCUT2D eigenvalue weighted by Crippen LogP contribution is -2.64. The average molecular weight is 563 g/mol. The van der Waals surface area contributed by atoms with E-state index in [0.29, 0.717) is 24.2 Å². The van der Waals surface area contributed by atoms with Gasteiger partial charge in [-0.25, -0.2) is 8.78 Å². The van der Waals surface area contributed by atoms with Crippen molar-refractivity contribution in [3.63, 3.8) is 0 Å². The zero-order valence-corrected chi connectivity index (χ0v) is 23.8. The highest BCUT2D eigenvalue weighted by Crippen LogP contribution is 2.55. The van der Waals surface area contributed by atoms with Crippen molar-refractivity contribution in [1.82, 2.24) is 10.2 Å². The van der Waals surface area contributed by atoms with Crippen LogP contribution in [-0.4, -0.2) is 75.9 Å². The smallest absolute Gasteiger partial charge is 0.241 e. The zero-order chi connectivity index (χ0) is 29.0. The predicted octanol–water partition coefficient (Wildman–Crippen LogP) is 2.55. The van der Waals surface area contributed by atoms with Gasteiger partial charge < -0.3 is 26.2 Å². The Kier molecular flexibility index (Phi) is 8.02. The van der Waals surface area contributed by atoms with Crippen LogP contribution in [0.5, 0.6) is 0 Å². The van der Waals surface area contributed by atoms with E-state index in [-0.39, 0.29) is 43.7 Å². The number of piperazine rings is 1. The summed E-state index contributed by atoms with van der Waals surface area (Å²) in [6.45, 7) is 5.81. The molecule has 1 aromatic rings. The van der Waals surface area contributed by atoms with Gasteiger partial charge in [0, 0.05) is 36.6 Å². The molecule has 4 aliphatic carbocycles. The van der Waals surface area contributed by atoms with Crippen molar-refractivity contribution < 1.29 is 28.6 Å². The van der Waals surface area contributed by atoms with Crippen LogP contribution in [0.15, 0.2) is 18.2 Å². The summed E-state index contributed by atoms with van der Waals surface area (Å²) in [5.74, 6) is -1.35. The first-order chi connectivity index (χ1) is 18.8. The van der Waals surface area contributed by atoms with Crippen LogP contribution in [0.4, 0.5) is 14.5 Å². The fourth-order valence-corrected chi connectivity index (χ4v) is 8.10. The number of nitrogens with one attached hydrogen (secondary N) is 1. The topological polar surface area (TPSA) is 119 Å². The van der Waals surface area contributed by atoms with Gasteiger partial charge in [-0.05, 0) is 88.7 Å². The van der Waals surface area contributed by atoms with E-state index in [1.807, 2.05) is 25.7 Å². The van der Waals surface area contributed by atoms with Gasteiger partial charge in [0.25, 0.3) is 0 Å². The molecule has 1 heterocycles. The summed E-state index contributed by atoms with van der Waals surface area (Å²) in [5.41, 5.74) is 4.83. The number of nitrogens with two attached hydrogens (primary N) is 1. The number of carbonyl (C=O) groups is 2. The van der Waals surface area contributed by atoms with Crippen LogP contribution >= 0.6 is 0 Å². The van der Waals surface area contributed by atoms with E-state index in [4.69, 9.17) is 5.73 Å². The number of benzene rings is 1. The van der Waals surface area contributed by atoms with Crippen LogP contribution in [0.25, 0.3) is 0 Å². The molecule has 1 aliphatic heterocycles. The fraction of sp³-hybridized carbons (Fsp3) is 0.733. The van der Waals surface area contributed by atoms with Crippen LogP contribution in [0, 0.1) is 35.3 Å². The Bertz CT molecular complexity index is 1100. The van der Waals surface area contributed by atoms with Gasteiger partial charge in [-0.15, -0.1) is 0 Å². The van der Waals surface area contributed by atoms with E-state index < -0.39 is 46.7 Å². The number of nitrogens with zero attached hydrogens (tertiary/aromatic N) is 2. The molecule has 40 heavy (non-hydrogen) atoms. The number of amides is 2. The number of aliphatic hydroxyl groups is 2. The lowest BCUT2D eigenvalue weighted by molar-refractivity contribution is -0.148. The van der Waals surface area contributed by atoms with Gasteiger partial charge in [-0.2, -0.15) is 0 Å². The van der Waals surface area contributed by atoms with Crippen molar-refractivity contribution in [2.24, 2.45) is 29.4 Å². The number of anilines is 1. The summed E-state index contributed by atoms with van der Waals surface area (Å²) in [5, 5.41) is 25.2. The van der Waals surface area contributed by atoms with Crippen molar-refractivity contribution in [3.8, 4) is 0 Å². The number of halogens is 2. The quantitative estimate of drug-likeness (QED) is 0.367. The van der Waals surface area contributed by atoms with Crippen molar-refractivity contribution >= 4 is 17.5 Å². The fourth-order valence-electron chi connectivity index (χ4n) is 8.10. The molecular weight excluding hydrogens is 518 g/mol. The van der Waals surface area contributed by atoms with Gasteiger partial charge >= 0.3 is 0 Å². The number of rotatable bonds is 9. The van der Waals surface area contributed by atoms with Crippen LogP contribution in [-0.2, 0) is 9.59 Å². The highest BCUT2D eigenvalue weighted by molar-refractivity contribution is 5.96. The summed E-state index contributed by atoms with van der Waals surface area (Å²) < 4.78 is 28.8. The summed E-state index contributed by atoms with van der Waals surface area (Å²) in [7, 11) is 0. The molecule has 10 heteroatoms. The summed E-state index contributed by atoms with van der Waals surface area (Å²) in [4.78, 5) is 29.2. The van der Waals surface area contributed by atoms with Gasteiger partial charge in [-0.1, -0.05) is 13.0 Å². The maximum atomic E-state index is 14.4. The third-order valence-electron chi connectivity index (χ3n) is 10.1. The second-order valence-electron chi connectivity index (χ2n) is 13.5. The summed E-state index contributed by atoms with van der Waals surface area (Å²) in [6.07, 6.45) is 4.29. The van der Waals surface area contributed by atoms with E-state index in [0.717, 1.165) is 49.1 Å². The van der Waals surface area contributed by atoms with Crippen LogP contribution in [0.1, 0.15) is 65.7 Å². The molecule has 8 nitrogen and oxygen atoms in total. The zero-order valence-electron chi connectivity index (χ0n) is 23.8. The highest BCUT2D eigenvalue weighted by Gasteiger charge is 2.55. The largest absolute Gasteiger partial charge is 0.391 e. The molecule has 4 saturated carbocycles. The minimum atomic E-state index is -0.970. The molecule has 0 radical (unpaired) electrons. The van der Waals surface area contributed by atoms with E-state index in [1.165, 1.54) is 6.07 Å². The van der Waals surface area contributed by atoms with E-state index in [1.54, 1.807) is 0 Å². The number of para-hydroxylation sites is 1. The Morgan fingerprint density at radius 2 is 1.80 bits per heavy atom. The molecule has 0 aromatic heterocycles. The molecule has 1 saturated heterocycles. The summed E-state index contributed by atoms with van der Waals surface area (Å²) in [6, 6.07) is 2.87. The number of hydrogen-bond donors (Lipinski definition) is 4.